The summed E-state index contributed by atoms with van der Waals surface area (Å²) >= 11 is 0. The van der Waals surface area contributed by atoms with Crippen LogP contribution < -0.4 is 20.1 Å². The number of amides is 2. The number of methoxy groups -OCH3 is 2. The Balaban J connectivity index is 1.56. The topological polar surface area (TPSA) is 76.7 Å². The Bertz CT molecular complexity index is 954. The lowest BCUT2D eigenvalue weighted by atomic mass is 10.1. The van der Waals surface area contributed by atoms with Gasteiger partial charge in [0, 0.05) is 24.2 Å². The first kappa shape index (κ1) is 20.9. The molecule has 6 nitrogen and oxygen atoms in total. The summed E-state index contributed by atoms with van der Waals surface area (Å²) in [6.07, 6.45) is 0. The van der Waals surface area contributed by atoms with E-state index >= 15 is 0 Å². The molecule has 0 atom stereocenters. The van der Waals surface area contributed by atoms with Crippen molar-refractivity contribution >= 4 is 11.8 Å². The van der Waals surface area contributed by atoms with Gasteiger partial charge in [-0.05, 0) is 47.5 Å². The van der Waals surface area contributed by atoms with Crippen molar-refractivity contribution in [1.29, 1.82) is 0 Å². The van der Waals surface area contributed by atoms with Crippen molar-refractivity contribution in [2.75, 3.05) is 14.2 Å². The van der Waals surface area contributed by atoms with E-state index in [-0.39, 0.29) is 11.8 Å². The highest BCUT2D eigenvalue weighted by molar-refractivity contribution is 5.95. The number of nitrogens with one attached hydrogen (secondary N) is 2. The highest BCUT2D eigenvalue weighted by atomic mass is 16.5. The quantitative estimate of drug-likeness (QED) is 0.602. The van der Waals surface area contributed by atoms with E-state index in [0.29, 0.717) is 35.7 Å². The van der Waals surface area contributed by atoms with Gasteiger partial charge in [-0.2, -0.15) is 0 Å². The molecule has 0 fully saturated rings. The minimum atomic E-state index is -0.175. The molecule has 0 aromatic heterocycles. The molecule has 3 aromatic carbocycles. The Kier molecular flexibility index (Phi) is 7.05. The Morgan fingerprint density at radius 1 is 0.667 bits per heavy atom. The molecule has 0 radical (unpaired) electrons. The zero-order valence-corrected chi connectivity index (χ0v) is 17.0. The molecule has 0 aliphatic carbocycles. The fraction of sp³-hybridized carbons (Fsp3) is 0.167. The average molecular weight is 404 g/mol. The number of ether oxygens (including phenoxy) is 2. The zero-order chi connectivity index (χ0) is 21.3. The molecule has 0 aliphatic heterocycles. The number of hydrogen-bond donors (Lipinski definition) is 2. The standard InChI is InChI=1S/C24H24N2O4/c1-29-21-10-4-8-19(13-21)23(27)25-15-17-6-3-7-18(12-17)16-26-24(28)20-9-5-11-22(14-20)30-2/h3-14H,15-16H2,1-2H3,(H,25,27)(H,26,28). The average Bonchev–Trinajstić information content (AvgIpc) is 2.81. The van der Waals surface area contributed by atoms with E-state index in [1.807, 2.05) is 24.3 Å². The first-order valence-corrected chi connectivity index (χ1v) is 9.51. The van der Waals surface area contributed by atoms with Gasteiger partial charge in [-0.15, -0.1) is 0 Å². The fourth-order valence-corrected chi connectivity index (χ4v) is 2.95. The van der Waals surface area contributed by atoms with E-state index in [9.17, 15) is 9.59 Å². The normalized spacial score (nSPS) is 10.2. The molecule has 2 N–H and O–H groups in total. The van der Waals surface area contributed by atoms with Gasteiger partial charge in [0.25, 0.3) is 11.8 Å². The van der Waals surface area contributed by atoms with Crippen molar-refractivity contribution in [3.05, 3.63) is 95.1 Å². The largest absolute Gasteiger partial charge is 0.497 e. The van der Waals surface area contributed by atoms with Gasteiger partial charge in [-0.25, -0.2) is 0 Å². The summed E-state index contributed by atoms with van der Waals surface area (Å²) in [5, 5.41) is 5.80. The van der Waals surface area contributed by atoms with Gasteiger partial charge < -0.3 is 20.1 Å². The second-order valence-corrected chi connectivity index (χ2v) is 6.65. The monoisotopic (exact) mass is 404 g/mol. The summed E-state index contributed by atoms with van der Waals surface area (Å²) in [5.41, 5.74) is 2.96. The van der Waals surface area contributed by atoms with Crippen LogP contribution in [0.5, 0.6) is 11.5 Å². The third-order valence-electron chi connectivity index (χ3n) is 4.56. The molecule has 0 saturated heterocycles. The van der Waals surface area contributed by atoms with Gasteiger partial charge in [0.05, 0.1) is 14.2 Å². The highest BCUT2D eigenvalue weighted by Crippen LogP contribution is 2.14. The lowest BCUT2D eigenvalue weighted by Gasteiger charge is -2.10. The minimum Gasteiger partial charge on any atom is -0.497 e. The predicted molar refractivity (Wildman–Crippen MR) is 115 cm³/mol. The minimum absolute atomic E-state index is 0.175. The Morgan fingerprint density at radius 2 is 1.10 bits per heavy atom. The van der Waals surface area contributed by atoms with Crippen molar-refractivity contribution in [3.8, 4) is 11.5 Å². The molecule has 3 rings (SSSR count). The van der Waals surface area contributed by atoms with E-state index in [0.717, 1.165) is 11.1 Å². The lowest BCUT2D eigenvalue weighted by molar-refractivity contribution is 0.0943. The smallest absolute Gasteiger partial charge is 0.251 e. The van der Waals surface area contributed by atoms with Crippen LogP contribution in [0.25, 0.3) is 0 Å². The number of hydrogen-bond acceptors (Lipinski definition) is 4. The highest BCUT2D eigenvalue weighted by Gasteiger charge is 2.08. The molecular weight excluding hydrogens is 380 g/mol. The number of benzene rings is 3. The summed E-state index contributed by atoms with van der Waals surface area (Å²) in [7, 11) is 3.13. The molecule has 0 saturated carbocycles. The molecule has 2 amide bonds. The van der Waals surface area contributed by atoms with Crippen LogP contribution in [0, 0.1) is 0 Å². The van der Waals surface area contributed by atoms with E-state index in [1.54, 1.807) is 62.8 Å². The fourth-order valence-electron chi connectivity index (χ4n) is 2.95. The van der Waals surface area contributed by atoms with Gasteiger partial charge in [0.2, 0.25) is 0 Å². The maximum absolute atomic E-state index is 12.4. The molecule has 0 heterocycles. The van der Waals surface area contributed by atoms with Gasteiger partial charge in [0.15, 0.2) is 0 Å². The molecule has 0 spiro atoms. The van der Waals surface area contributed by atoms with Gasteiger partial charge in [0.1, 0.15) is 11.5 Å². The van der Waals surface area contributed by atoms with Gasteiger partial charge >= 0.3 is 0 Å². The second-order valence-electron chi connectivity index (χ2n) is 6.65. The van der Waals surface area contributed by atoms with E-state index < -0.39 is 0 Å². The van der Waals surface area contributed by atoms with Gasteiger partial charge in [-0.3, -0.25) is 9.59 Å². The van der Waals surface area contributed by atoms with Crippen LogP contribution in [-0.2, 0) is 13.1 Å². The van der Waals surface area contributed by atoms with Gasteiger partial charge in [-0.1, -0.05) is 36.4 Å². The first-order chi connectivity index (χ1) is 14.6. The molecule has 6 heteroatoms. The summed E-state index contributed by atoms with van der Waals surface area (Å²) < 4.78 is 10.3. The molecule has 30 heavy (non-hydrogen) atoms. The summed E-state index contributed by atoms with van der Waals surface area (Å²) in [6.45, 7) is 0.765. The van der Waals surface area contributed by atoms with E-state index in [4.69, 9.17) is 9.47 Å². The lowest BCUT2D eigenvalue weighted by Crippen LogP contribution is -2.24. The first-order valence-electron chi connectivity index (χ1n) is 9.51. The van der Waals surface area contributed by atoms with Crippen molar-refractivity contribution < 1.29 is 19.1 Å². The molecule has 154 valence electrons. The van der Waals surface area contributed by atoms with E-state index in [2.05, 4.69) is 10.6 Å². The van der Waals surface area contributed by atoms with E-state index in [1.165, 1.54) is 0 Å². The van der Waals surface area contributed by atoms with Crippen LogP contribution in [0.4, 0.5) is 0 Å². The number of rotatable bonds is 8. The Hall–Kier alpha value is -3.80. The third-order valence-corrected chi connectivity index (χ3v) is 4.56. The Morgan fingerprint density at radius 3 is 1.53 bits per heavy atom. The predicted octanol–water partition coefficient (Wildman–Crippen LogP) is 3.56. The number of carbonyl (C=O) groups is 2. The van der Waals surface area contributed by atoms with Crippen LogP contribution >= 0.6 is 0 Å². The third kappa shape index (κ3) is 5.61. The Labute approximate surface area is 175 Å². The van der Waals surface area contributed by atoms with Crippen LogP contribution in [0.3, 0.4) is 0 Å². The maximum atomic E-state index is 12.4. The van der Waals surface area contributed by atoms with Crippen molar-refractivity contribution in [2.24, 2.45) is 0 Å². The second kappa shape index (κ2) is 10.1. The maximum Gasteiger partial charge on any atom is 0.251 e. The summed E-state index contributed by atoms with van der Waals surface area (Å²) in [5.74, 6) is 0.920. The van der Waals surface area contributed by atoms with Crippen LogP contribution in [0.1, 0.15) is 31.8 Å². The summed E-state index contributed by atoms with van der Waals surface area (Å²) in [4.78, 5) is 24.7. The zero-order valence-electron chi connectivity index (χ0n) is 17.0. The van der Waals surface area contributed by atoms with Crippen LogP contribution in [-0.4, -0.2) is 26.0 Å². The van der Waals surface area contributed by atoms with Crippen LogP contribution in [0.2, 0.25) is 0 Å². The summed E-state index contributed by atoms with van der Waals surface area (Å²) in [6, 6.07) is 21.7. The number of carbonyl (C=O) groups excluding carboxylic acids is 2. The molecule has 0 bridgehead atoms. The van der Waals surface area contributed by atoms with Crippen molar-refractivity contribution in [1.82, 2.24) is 10.6 Å². The van der Waals surface area contributed by atoms with Crippen molar-refractivity contribution in [3.63, 3.8) is 0 Å². The van der Waals surface area contributed by atoms with Crippen LogP contribution in [0.15, 0.2) is 72.8 Å². The SMILES string of the molecule is COc1cccc(C(=O)NCc2cccc(CNC(=O)c3cccc(OC)c3)c2)c1. The molecule has 3 aromatic rings. The molecule has 0 aliphatic rings. The van der Waals surface area contributed by atoms with Crippen molar-refractivity contribution in [2.45, 2.75) is 13.1 Å². The molecule has 0 unspecified atom stereocenters. The molecular formula is C24H24N2O4.